The van der Waals surface area contributed by atoms with Crippen LogP contribution in [0.2, 0.25) is 0 Å². The Labute approximate surface area is 106 Å². The summed E-state index contributed by atoms with van der Waals surface area (Å²) in [7, 11) is 0. The number of nitrogens with one attached hydrogen (secondary N) is 1. The molecule has 3 heteroatoms. The van der Waals surface area contributed by atoms with Crippen molar-refractivity contribution in [2.24, 2.45) is 0 Å². The predicted octanol–water partition coefficient (Wildman–Crippen LogP) is 3.09. The van der Waals surface area contributed by atoms with Crippen molar-refractivity contribution in [1.82, 2.24) is 10.3 Å². The molecule has 2 heterocycles. The van der Waals surface area contributed by atoms with E-state index in [1.807, 2.05) is 12.1 Å². The van der Waals surface area contributed by atoms with Gasteiger partial charge in [-0.05, 0) is 48.7 Å². The summed E-state index contributed by atoms with van der Waals surface area (Å²) >= 11 is 0. The van der Waals surface area contributed by atoms with Crippen molar-refractivity contribution in [3.05, 3.63) is 53.6 Å². The molecular weight excluding hydrogens is 227 g/mol. The Morgan fingerprint density at radius 2 is 2.06 bits per heavy atom. The highest BCUT2D eigenvalue weighted by molar-refractivity contribution is 5.69. The molecule has 2 nitrogen and oxygen atoms in total. The molecular formula is C15H15FN2. The first-order valence-corrected chi connectivity index (χ1v) is 6.23. The maximum Gasteiger partial charge on any atom is 0.220 e. The molecule has 2 aromatic rings. The van der Waals surface area contributed by atoms with Gasteiger partial charge in [-0.1, -0.05) is 18.2 Å². The molecule has 1 aromatic heterocycles. The second-order valence-corrected chi connectivity index (χ2v) is 4.64. The summed E-state index contributed by atoms with van der Waals surface area (Å²) in [6, 6.07) is 9.99. The monoisotopic (exact) mass is 242 g/mol. The molecule has 0 radical (unpaired) electrons. The number of pyridine rings is 1. The summed E-state index contributed by atoms with van der Waals surface area (Å²) in [5, 5.41) is 3.42. The zero-order valence-electron chi connectivity index (χ0n) is 10.3. The van der Waals surface area contributed by atoms with Crippen molar-refractivity contribution in [1.29, 1.82) is 0 Å². The van der Waals surface area contributed by atoms with Crippen LogP contribution in [0.15, 0.2) is 36.5 Å². The number of nitrogens with zero attached hydrogens (tertiary/aromatic N) is 1. The fourth-order valence-electron chi connectivity index (χ4n) is 2.65. The molecule has 1 aliphatic rings. The van der Waals surface area contributed by atoms with Gasteiger partial charge in [0.2, 0.25) is 5.95 Å². The van der Waals surface area contributed by atoms with Crippen LogP contribution in [-0.4, -0.2) is 11.5 Å². The molecule has 1 N–H and O–H groups in total. The van der Waals surface area contributed by atoms with Crippen molar-refractivity contribution in [3.8, 4) is 11.1 Å². The van der Waals surface area contributed by atoms with Gasteiger partial charge in [-0.2, -0.15) is 4.39 Å². The maximum absolute atomic E-state index is 13.8. The molecule has 0 spiro atoms. The van der Waals surface area contributed by atoms with E-state index >= 15 is 0 Å². The first-order valence-electron chi connectivity index (χ1n) is 6.23. The molecule has 1 aliphatic heterocycles. The molecule has 18 heavy (non-hydrogen) atoms. The number of hydrogen-bond acceptors (Lipinski definition) is 2. The van der Waals surface area contributed by atoms with Gasteiger partial charge in [0.25, 0.3) is 0 Å². The quantitative estimate of drug-likeness (QED) is 0.777. The Hall–Kier alpha value is -1.74. The first kappa shape index (κ1) is 11.4. The summed E-state index contributed by atoms with van der Waals surface area (Å²) < 4.78 is 13.8. The Morgan fingerprint density at radius 1 is 1.22 bits per heavy atom. The lowest BCUT2D eigenvalue weighted by atomic mass is 9.88. The Morgan fingerprint density at radius 3 is 2.89 bits per heavy atom. The Bertz CT molecular complexity index is 580. The maximum atomic E-state index is 13.8. The van der Waals surface area contributed by atoms with Crippen molar-refractivity contribution in [3.63, 3.8) is 0 Å². The van der Waals surface area contributed by atoms with Crippen LogP contribution in [0.25, 0.3) is 11.1 Å². The molecule has 0 bridgehead atoms. The smallest absolute Gasteiger partial charge is 0.220 e. The van der Waals surface area contributed by atoms with E-state index in [2.05, 4.69) is 23.3 Å². The van der Waals surface area contributed by atoms with E-state index in [-0.39, 0.29) is 0 Å². The number of aromatic nitrogens is 1. The van der Waals surface area contributed by atoms with E-state index in [1.165, 1.54) is 17.3 Å². The van der Waals surface area contributed by atoms with Gasteiger partial charge >= 0.3 is 0 Å². The van der Waals surface area contributed by atoms with Gasteiger partial charge in [0.15, 0.2) is 0 Å². The third-order valence-corrected chi connectivity index (χ3v) is 3.55. The predicted molar refractivity (Wildman–Crippen MR) is 69.8 cm³/mol. The normalized spacial score (nSPS) is 18.4. The number of fused-ring (bicyclic) bond motifs is 1. The third-order valence-electron chi connectivity index (χ3n) is 3.55. The molecule has 1 atom stereocenters. The van der Waals surface area contributed by atoms with Gasteiger partial charge in [-0.3, -0.25) is 0 Å². The number of rotatable bonds is 1. The van der Waals surface area contributed by atoms with Gasteiger partial charge < -0.3 is 5.32 Å². The van der Waals surface area contributed by atoms with Gasteiger partial charge in [-0.15, -0.1) is 0 Å². The number of hydrogen-bond donors (Lipinski definition) is 1. The minimum Gasteiger partial charge on any atom is -0.310 e. The highest BCUT2D eigenvalue weighted by atomic mass is 19.1. The topological polar surface area (TPSA) is 24.9 Å². The fourth-order valence-corrected chi connectivity index (χ4v) is 2.65. The van der Waals surface area contributed by atoms with E-state index in [4.69, 9.17) is 0 Å². The van der Waals surface area contributed by atoms with E-state index in [0.29, 0.717) is 11.6 Å². The molecule has 1 aromatic carbocycles. The van der Waals surface area contributed by atoms with Crippen LogP contribution in [0.5, 0.6) is 0 Å². The fraction of sp³-hybridized carbons (Fsp3) is 0.267. The molecule has 0 amide bonds. The summed E-state index contributed by atoms with van der Waals surface area (Å²) in [5.41, 5.74) is 4.09. The first-order chi connectivity index (χ1) is 8.77. The highest BCUT2D eigenvalue weighted by Crippen LogP contribution is 2.32. The van der Waals surface area contributed by atoms with Gasteiger partial charge in [0.05, 0.1) is 0 Å². The van der Waals surface area contributed by atoms with Gasteiger partial charge in [0.1, 0.15) is 0 Å². The third kappa shape index (κ3) is 1.81. The number of halogens is 1. The van der Waals surface area contributed by atoms with Crippen molar-refractivity contribution >= 4 is 0 Å². The highest BCUT2D eigenvalue weighted by Gasteiger charge is 2.20. The van der Waals surface area contributed by atoms with Crippen LogP contribution in [0.3, 0.4) is 0 Å². The average molecular weight is 242 g/mol. The standard InChI is InChI=1S/C15H15FN2/c1-10-11-4-2-5-12(13(11)7-9-17-10)14-6-3-8-18-15(14)16/h2-6,8,10,17H,7,9H2,1H3. The van der Waals surface area contributed by atoms with Crippen LogP contribution in [0, 0.1) is 5.95 Å². The molecule has 92 valence electrons. The molecule has 0 aliphatic carbocycles. The van der Waals surface area contributed by atoms with Crippen molar-refractivity contribution in [2.75, 3.05) is 6.54 Å². The van der Waals surface area contributed by atoms with Crippen LogP contribution >= 0.6 is 0 Å². The van der Waals surface area contributed by atoms with Crippen LogP contribution < -0.4 is 5.32 Å². The molecule has 1 unspecified atom stereocenters. The molecule has 3 rings (SSSR count). The second kappa shape index (κ2) is 4.50. The zero-order valence-corrected chi connectivity index (χ0v) is 10.3. The lowest BCUT2D eigenvalue weighted by Gasteiger charge is -2.26. The average Bonchev–Trinajstić information content (AvgIpc) is 2.40. The summed E-state index contributed by atoms with van der Waals surface area (Å²) in [5.74, 6) is -0.392. The summed E-state index contributed by atoms with van der Waals surface area (Å²) in [6.45, 7) is 3.08. The van der Waals surface area contributed by atoms with E-state index in [9.17, 15) is 4.39 Å². The van der Waals surface area contributed by atoms with E-state index in [0.717, 1.165) is 18.5 Å². The van der Waals surface area contributed by atoms with Crippen LogP contribution in [0.4, 0.5) is 4.39 Å². The van der Waals surface area contributed by atoms with Crippen LogP contribution in [-0.2, 0) is 6.42 Å². The van der Waals surface area contributed by atoms with Crippen molar-refractivity contribution in [2.45, 2.75) is 19.4 Å². The van der Waals surface area contributed by atoms with Crippen molar-refractivity contribution < 1.29 is 4.39 Å². The SMILES string of the molecule is CC1NCCc2c(-c3cccnc3F)cccc21. The Balaban J connectivity index is 2.19. The zero-order chi connectivity index (χ0) is 12.5. The van der Waals surface area contributed by atoms with Gasteiger partial charge in [0, 0.05) is 17.8 Å². The van der Waals surface area contributed by atoms with Crippen LogP contribution in [0.1, 0.15) is 24.1 Å². The molecule has 0 fully saturated rings. The largest absolute Gasteiger partial charge is 0.310 e. The van der Waals surface area contributed by atoms with E-state index in [1.54, 1.807) is 12.1 Å². The lowest BCUT2D eigenvalue weighted by molar-refractivity contribution is 0.541. The summed E-state index contributed by atoms with van der Waals surface area (Å²) in [4.78, 5) is 3.74. The minimum absolute atomic E-state index is 0.327. The number of benzene rings is 1. The summed E-state index contributed by atoms with van der Waals surface area (Å²) in [6.07, 6.45) is 2.42. The minimum atomic E-state index is -0.392. The lowest BCUT2D eigenvalue weighted by Crippen LogP contribution is -2.28. The Kier molecular flexibility index (Phi) is 2.84. The molecule has 0 saturated carbocycles. The van der Waals surface area contributed by atoms with Gasteiger partial charge in [-0.25, -0.2) is 4.98 Å². The second-order valence-electron chi connectivity index (χ2n) is 4.64. The van der Waals surface area contributed by atoms with E-state index < -0.39 is 5.95 Å². The molecule has 0 saturated heterocycles.